The zero-order valence-corrected chi connectivity index (χ0v) is 12.0. The van der Waals surface area contributed by atoms with Crippen molar-refractivity contribution in [2.75, 3.05) is 31.1 Å². The van der Waals surface area contributed by atoms with Crippen LogP contribution in [0.3, 0.4) is 0 Å². The van der Waals surface area contributed by atoms with E-state index >= 15 is 0 Å². The zero-order valence-electron chi connectivity index (χ0n) is 11.3. The van der Waals surface area contributed by atoms with Crippen LogP contribution in [0.4, 0.5) is 5.69 Å². The molecule has 1 N–H and O–H groups in total. The Bertz CT molecular complexity index is 469. The van der Waals surface area contributed by atoms with Crippen molar-refractivity contribution in [2.45, 2.75) is 20.0 Å². The molecule has 1 aliphatic rings. The van der Waals surface area contributed by atoms with Gasteiger partial charge in [0.1, 0.15) is 0 Å². The van der Waals surface area contributed by atoms with Gasteiger partial charge >= 0.3 is 0 Å². The SMILES string of the molecule is CC(=O)N1CCN(c2ccc(C(C)O)c(Cl)c2)CC1. The Labute approximate surface area is 118 Å². The highest BCUT2D eigenvalue weighted by Gasteiger charge is 2.19. The van der Waals surface area contributed by atoms with Gasteiger partial charge in [-0.3, -0.25) is 4.79 Å². The minimum absolute atomic E-state index is 0.127. The molecule has 5 heteroatoms. The van der Waals surface area contributed by atoms with Crippen LogP contribution in [0.15, 0.2) is 18.2 Å². The molecule has 1 aromatic carbocycles. The van der Waals surface area contributed by atoms with Crippen LogP contribution >= 0.6 is 11.6 Å². The van der Waals surface area contributed by atoms with Crippen molar-refractivity contribution in [1.82, 2.24) is 4.90 Å². The van der Waals surface area contributed by atoms with Crippen molar-refractivity contribution in [3.63, 3.8) is 0 Å². The number of nitrogens with zero attached hydrogens (tertiary/aromatic N) is 2. The predicted molar refractivity (Wildman–Crippen MR) is 76.6 cm³/mol. The quantitative estimate of drug-likeness (QED) is 0.903. The van der Waals surface area contributed by atoms with Crippen LogP contribution in [-0.2, 0) is 4.79 Å². The number of piperazine rings is 1. The minimum atomic E-state index is -0.559. The summed E-state index contributed by atoms with van der Waals surface area (Å²) < 4.78 is 0. The Balaban J connectivity index is 2.08. The molecular weight excluding hydrogens is 264 g/mol. The molecule has 1 heterocycles. The molecule has 4 nitrogen and oxygen atoms in total. The molecule has 0 spiro atoms. The smallest absolute Gasteiger partial charge is 0.219 e. The summed E-state index contributed by atoms with van der Waals surface area (Å²) in [5.74, 6) is 0.127. The van der Waals surface area contributed by atoms with Gasteiger partial charge in [0.15, 0.2) is 0 Å². The summed E-state index contributed by atoms with van der Waals surface area (Å²) in [4.78, 5) is 15.3. The molecule has 104 valence electrons. The number of aliphatic hydroxyl groups excluding tert-OH is 1. The Hall–Kier alpha value is -1.26. The molecular formula is C14H19ClN2O2. The molecule has 1 saturated heterocycles. The number of benzene rings is 1. The second-order valence-electron chi connectivity index (χ2n) is 4.87. The average Bonchev–Trinajstić information content (AvgIpc) is 2.38. The van der Waals surface area contributed by atoms with Crippen LogP contribution < -0.4 is 4.90 Å². The zero-order chi connectivity index (χ0) is 14.0. The summed E-state index contributed by atoms with van der Waals surface area (Å²) in [5, 5.41) is 10.1. The monoisotopic (exact) mass is 282 g/mol. The first-order valence-electron chi connectivity index (χ1n) is 6.47. The standard InChI is InChI=1S/C14H19ClN2O2/c1-10(18)13-4-3-12(9-14(13)15)17-7-5-16(6-8-17)11(2)19/h3-4,9-10,18H,5-8H2,1-2H3. The number of hydrogen-bond acceptors (Lipinski definition) is 3. The van der Waals surface area contributed by atoms with Crippen LogP contribution in [0.1, 0.15) is 25.5 Å². The number of halogens is 1. The largest absolute Gasteiger partial charge is 0.389 e. The van der Waals surface area contributed by atoms with E-state index in [2.05, 4.69) is 4.90 Å². The maximum Gasteiger partial charge on any atom is 0.219 e. The van der Waals surface area contributed by atoms with E-state index in [1.54, 1.807) is 13.8 Å². The van der Waals surface area contributed by atoms with Crippen molar-refractivity contribution in [2.24, 2.45) is 0 Å². The van der Waals surface area contributed by atoms with E-state index in [1.807, 2.05) is 23.1 Å². The highest BCUT2D eigenvalue weighted by atomic mass is 35.5. The van der Waals surface area contributed by atoms with Crippen LogP contribution in [0.5, 0.6) is 0 Å². The molecule has 1 fully saturated rings. The van der Waals surface area contributed by atoms with E-state index in [0.29, 0.717) is 5.02 Å². The summed E-state index contributed by atoms with van der Waals surface area (Å²) in [5.41, 5.74) is 1.78. The summed E-state index contributed by atoms with van der Waals surface area (Å²) >= 11 is 6.17. The highest BCUT2D eigenvalue weighted by Crippen LogP contribution is 2.28. The molecule has 1 atom stereocenters. The third kappa shape index (κ3) is 3.19. The molecule has 0 aromatic heterocycles. The molecule has 0 aliphatic carbocycles. The van der Waals surface area contributed by atoms with Gasteiger partial charge in [-0.1, -0.05) is 17.7 Å². The van der Waals surface area contributed by atoms with Crippen molar-refractivity contribution in [3.05, 3.63) is 28.8 Å². The van der Waals surface area contributed by atoms with Gasteiger partial charge < -0.3 is 14.9 Å². The van der Waals surface area contributed by atoms with Gasteiger partial charge in [-0.05, 0) is 24.6 Å². The molecule has 2 rings (SSSR count). The minimum Gasteiger partial charge on any atom is -0.389 e. The van der Waals surface area contributed by atoms with Gasteiger partial charge in [-0.2, -0.15) is 0 Å². The Morgan fingerprint density at radius 2 is 1.95 bits per heavy atom. The van der Waals surface area contributed by atoms with Gasteiger partial charge in [-0.15, -0.1) is 0 Å². The third-order valence-corrected chi connectivity index (χ3v) is 3.85. The lowest BCUT2D eigenvalue weighted by molar-refractivity contribution is -0.129. The summed E-state index contributed by atoms with van der Waals surface area (Å²) in [6.07, 6.45) is -0.559. The van der Waals surface area contributed by atoms with E-state index in [9.17, 15) is 9.90 Å². The lowest BCUT2D eigenvalue weighted by Gasteiger charge is -2.35. The van der Waals surface area contributed by atoms with Gasteiger partial charge in [0.2, 0.25) is 5.91 Å². The summed E-state index contributed by atoms with van der Waals surface area (Å²) in [6.45, 7) is 6.40. The van der Waals surface area contributed by atoms with Crippen LogP contribution in [0, 0.1) is 0 Å². The first-order valence-corrected chi connectivity index (χ1v) is 6.85. The molecule has 0 radical (unpaired) electrons. The predicted octanol–water partition coefficient (Wildman–Crippen LogP) is 2.06. The molecule has 19 heavy (non-hydrogen) atoms. The first kappa shape index (κ1) is 14.2. The normalized spacial score (nSPS) is 17.5. The number of aliphatic hydroxyl groups is 1. The molecule has 0 bridgehead atoms. The molecule has 1 aliphatic heterocycles. The van der Waals surface area contributed by atoms with Crippen molar-refractivity contribution in [3.8, 4) is 0 Å². The maximum atomic E-state index is 11.3. The Morgan fingerprint density at radius 1 is 1.32 bits per heavy atom. The van der Waals surface area contributed by atoms with E-state index in [1.165, 1.54) is 0 Å². The molecule has 0 saturated carbocycles. The third-order valence-electron chi connectivity index (χ3n) is 3.52. The van der Waals surface area contributed by atoms with E-state index < -0.39 is 6.10 Å². The number of amides is 1. The van der Waals surface area contributed by atoms with E-state index in [-0.39, 0.29) is 5.91 Å². The molecule has 1 aromatic rings. The van der Waals surface area contributed by atoms with Gasteiger partial charge in [0.05, 0.1) is 6.10 Å². The van der Waals surface area contributed by atoms with Crippen LogP contribution in [0.2, 0.25) is 5.02 Å². The topological polar surface area (TPSA) is 43.8 Å². The summed E-state index contributed by atoms with van der Waals surface area (Å²) in [6, 6.07) is 5.71. The first-order chi connectivity index (χ1) is 8.99. The lowest BCUT2D eigenvalue weighted by Crippen LogP contribution is -2.48. The number of anilines is 1. The fourth-order valence-electron chi connectivity index (χ4n) is 2.33. The number of carbonyl (C=O) groups is 1. The highest BCUT2D eigenvalue weighted by molar-refractivity contribution is 6.31. The second kappa shape index (κ2) is 5.80. The van der Waals surface area contributed by atoms with Gasteiger partial charge in [0, 0.05) is 43.8 Å². The maximum absolute atomic E-state index is 11.3. The fourth-order valence-corrected chi connectivity index (χ4v) is 2.66. The van der Waals surface area contributed by atoms with Crippen molar-refractivity contribution >= 4 is 23.2 Å². The Morgan fingerprint density at radius 3 is 2.42 bits per heavy atom. The van der Waals surface area contributed by atoms with Gasteiger partial charge in [-0.25, -0.2) is 0 Å². The van der Waals surface area contributed by atoms with Gasteiger partial charge in [0.25, 0.3) is 0 Å². The van der Waals surface area contributed by atoms with Crippen LogP contribution in [-0.4, -0.2) is 42.1 Å². The number of rotatable bonds is 2. The van der Waals surface area contributed by atoms with Crippen molar-refractivity contribution < 1.29 is 9.90 Å². The molecule has 1 unspecified atom stereocenters. The fraction of sp³-hybridized carbons (Fsp3) is 0.500. The van der Waals surface area contributed by atoms with E-state index in [4.69, 9.17) is 11.6 Å². The Kier molecular flexibility index (Phi) is 4.32. The summed E-state index contributed by atoms with van der Waals surface area (Å²) in [7, 11) is 0. The van der Waals surface area contributed by atoms with E-state index in [0.717, 1.165) is 37.4 Å². The van der Waals surface area contributed by atoms with Crippen molar-refractivity contribution in [1.29, 1.82) is 0 Å². The lowest BCUT2D eigenvalue weighted by atomic mass is 10.1. The second-order valence-corrected chi connectivity index (χ2v) is 5.28. The number of carbonyl (C=O) groups excluding carboxylic acids is 1. The van der Waals surface area contributed by atoms with Crippen LogP contribution in [0.25, 0.3) is 0 Å². The number of hydrogen-bond donors (Lipinski definition) is 1. The molecule has 1 amide bonds. The average molecular weight is 283 g/mol.